The van der Waals surface area contributed by atoms with E-state index in [0.717, 1.165) is 23.0 Å². The number of ether oxygens (including phenoxy) is 2. The Hall–Kier alpha value is -0.460. The second-order valence-corrected chi connectivity index (χ2v) is 5.61. The third-order valence-electron chi connectivity index (χ3n) is 3.35. The Morgan fingerprint density at radius 3 is 2.79 bits per heavy atom. The van der Waals surface area contributed by atoms with Crippen molar-refractivity contribution in [1.82, 2.24) is 4.90 Å². The van der Waals surface area contributed by atoms with Gasteiger partial charge in [0.25, 0.3) is 0 Å². The number of rotatable bonds is 6. The Kier molecular flexibility index (Phi) is 5.78. The molecule has 0 saturated carbocycles. The van der Waals surface area contributed by atoms with Gasteiger partial charge in [-0.05, 0) is 24.7 Å². The van der Waals surface area contributed by atoms with Crippen LogP contribution in [0.15, 0.2) is 28.7 Å². The van der Waals surface area contributed by atoms with Crippen LogP contribution in [0.5, 0.6) is 0 Å². The number of hydrogen-bond acceptors (Lipinski definition) is 4. The van der Waals surface area contributed by atoms with Gasteiger partial charge in [0, 0.05) is 17.4 Å². The summed E-state index contributed by atoms with van der Waals surface area (Å²) in [6.45, 7) is 2.29. The monoisotopic (exact) mass is 329 g/mol. The zero-order valence-electron chi connectivity index (χ0n) is 11.1. The summed E-state index contributed by atoms with van der Waals surface area (Å²) in [6.07, 6.45) is 0.727. The maximum absolute atomic E-state index is 9.61. The van der Waals surface area contributed by atoms with E-state index >= 15 is 0 Å². The lowest BCUT2D eigenvalue weighted by Gasteiger charge is -2.27. The Balaban J connectivity index is 1.92. The summed E-state index contributed by atoms with van der Waals surface area (Å²) in [5.41, 5.74) is 1.10. The molecule has 1 atom stereocenters. The molecule has 19 heavy (non-hydrogen) atoms. The van der Waals surface area contributed by atoms with Gasteiger partial charge in [0.2, 0.25) is 0 Å². The smallest absolute Gasteiger partial charge is 0.159 e. The highest BCUT2D eigenvalue weighted by atomic mass is 79.9. The van der Waals surface area contributed by atoms with Crippen LogP contribution in [0.25, 0.3) is 0 Å². The van der Waals surface area contributed by atoms with Crippen molar-refractivity contribution in [3.63, 3.8) is 0 Å². The second kappa shape index (κ2) is 7.36. The van der Waals surface area contributed by atoms with E-state index in [-0.39, 0.29) is 18.9 Å². The average Bonchev–Trinajstić information content (AvgIpc) is 2.90. The highest BCUT2D eigenvalue weighted by Gasteiger charge is 2.20. The molecule has 0 spiro atoms. The van der Waals surface area contributed by atoms with E-state index in [1.165, 1.54) is 0 Å². The topological polar surface area (TPSA) is 41.9 Å². The van der Waals surface area contributed by atoms with E-state index < -0.39 is 0 Å². The van der Waals surface area contributed by atoms with Gasteiger partial charge in [-0.1, -0.05) is 28.1 Å². The normalized spacial score (nSPS) is 18.1. The van der Waals surface area contributed by atoms with Crippen molar-refractivity contribution in [1.29, 1.82) is 0 Å². The molecule has 1 aliphatic rings. The summed E-state index contributed by atoms with van der Waals surface area (Å²) in [4.78, 5) is 2.13. The SMILES string of the molecule is CN(CCC1OCCO1)[C@H](CO)c1cccc(Br)c1. The summed E-state index contributed by atoms with van der Waals surface area (Å²) in [5, 5.41) is 9.61. The van der Waals surface area contributed by atoms with Crippen molar-refractivity contribution in [2.45, 2.75) is 18.8 Å². The quantitative estimate of drug-likeness (QED) is 0.868. The minimum Gasteiger partial charge on any atom is -0.394 e. The lowest BCUT2D eigenvalue weighted by molar-refractivity contribution is -0.0531. The molecule has 5 heteroatoms. The summed E-state index contributed by atoms with van der Waals surface area (Å²) in [7, 11) is 2.01. The Morgan fingerprint density at radius 1 is 1.42 bits per heavy atom. The summed E-state index contributed by atoms with van der Waals surface area (Å²) >= 11 is 3.46. The van der Waals surface area contributed by atoms with Crippen LogP contribution >= 0.6 is 15.9 Å². The van der Waals surface area contributed by atoms with Gasteiger partial charge in [-0.2, -0.15) is 0 Å². The molecule has 1 saturated heterocycles. The molecule has 2 rings (SSSR count). The molecule has 1 heterocycles. The number of nitrogens with zero attached hydrogens (tertiary/aromatic N) is 1. The third kappa shape index (κ3) is 4.26. The predicted octanol–water partition coefficient (Wildman–Crippen LogP) is 2.18. The van der Waals surface area contributed by atoms with Crippen molar-refractivity contribution >= 4 is 15.9 Å². The van der Waals surface area contributed by atoms with Gasteiger partial charge in [0.1, 0.15) is 0 Å². The van der Waals surface area contributed by atoms with Crippen LogP contribution < -0.4 is 0 Å². The Labute approximate surface area is 122 Å². The summed E-state index contributed by atoms with van der Waals surface area (Å²) in [5.74, 6) is 0. The number of halogens is 1. The molecule has 4 nitrogen and oxygen atoms in total. The Bertz CT molecular complexity index is 396. The predicted molar refractivity (Wildman–Crippen MR) is 76.9 cm³/mol. The third-order valence-corrected chi connectivity index (χ3v) is 3.84. The maximum atomic E-state index is 9.61. The molecule has 0 aliphatic carbocycles. The molecular formula is C14H20BrNO3. The van der Waals surface area contributed by atoms with E-state index in [1.807, 2.05) is 31.3 Å². The highest BCUT2D eigenvalue weighted by molar-refractivity contribution is 9.10. The molecule has 1 fully saturated rings. The van der Waals surface area contributed by atoms with Gasteiger partial charge in [-0.25, -0.2) is 0 Å². The first-order valence-corrected chi connectivity index (χ1v) is 7.30. The lowest BCUT2D eigenvalue weighted by atomic mass is 10.1. The lowest BCUT2D eigenvalue weighted by Crippen LogP contribution is -2.30. The van der Waals surface area contributed by atoms with Gasteiger partial charge < -0.3 is 14.6 Å². The fourth-order valence-electron chi connectivity index (χ4n) is 2.25. The van der Waals surface area contributed by atoms with Gasteiger partial charge >= 0.3 is 0 Å². The molecule has 1 aromatic carbocycles. The fourth-order valence-corrected chi connectivity index (χ4v) is 2.67. The van der Waals surface area contributed by atoms with Crippen molar-refractivity contribution in [3.8, 4) is 0 Å². The molecule has 0 unspecified atom stereocenters. The van der Waals surface area contributed by atoms with Gasteiger partial charge in [-0.3, -0.25) is 4.90 Å². The molecule has 1 aromatic rings. The minimum absolute atomic E-state index is 0.00102. The number of benzene rings is 1. The summed E-state index contributed by atoms with van der Waals surface area (Å²) < 4.78 is 11.9. The first-order valence-electron chi connectivity index (χ1n) is 6.50. The molecule has 0 bridgehead atoms. The highest BCUT2D eigenvalue weighted by Crippen LogP contribution is 2.23. The zero-order valence-corrected chi connectivity index (χ0v) is 12.7. The summed E-state index contributed by atoms with van der Waals surface area (Å²) in [6, 6.07) is 8.04. The second-order valence-electron chi connectivity index (χ2n) is 4.69. The molecule has 1 N–H and O–H groups in total. The number of aliphatic hydroxyl groups is 1. The van der Waals surface area contributed by atoms with Crippen LogP contribution in [0.4, 0.5) is 0 Å². The zero-order chi connectivity index (χ0) is 13.7. The van der Waals surface area contributed by atoms with Crippen LogP contribution in [0.3, 0.4) is 0 Å². The molecule has 0 radical (unpaired) electrons. The van der Waals surface area contributed by atoms with Crippen LogP contribution in [0.1, 0.15) is 18.0 Å². The van der Waals surface area contributed by atoms with E-state index in [2.05, 4.69) is 20.8 Å². The van der Waals surface area contributed by atoms with Gasteiger partial charge in [-0.15, -0.1) is 0 Å². The molecular weight excluding hydrogens is 310 g/mol. The molecule has 1 aliphatic heterocycles. The van der Waals surface area contributed by atoms with Crippen LogP contribution in [0, 0.1) is 0 Å². The largest absolute Gasteiger partial charge is 0.394 e. The average molecular weight is 330 g/mol. The first kappa shape index (κ1) is 14.9. The number of likely N-dealkylation sites (N-methyl/N-ethyl adjacent to an activating group) is 1. The fraction of sp³-hybridized carbons (Fsp3) is 0.571. The molecule has 0 aromatic heterocycles. The van der Waals surface area contributed by atoms with E-state index in [0.29, 0.717) is 13.2 Å². The maximum Gasteiger partial charge on any atom is 0.159 e. The minimum atomic E-state index is -0.0932. The van der Waals surface area contributed by atoms with Crippen molar-refractivity contribution < 1.29 is 14.6 Å². The van der Waals surface area contributed by atoms with Gasteiger partial charge in [0.05, 0.1) is 25.9 Å². The first-order chi connectivity index (χ1) is 9.20. The van der Waals surface area contributed by atoms with E-state index in [4.69, 9.17) is 9.47 Å². The standard InChI is InChI=1S/C14H20BrNO3/c1-16(6-5-14-18-7-8-19-14)13(10-17)11-3-2-4-12(15)9-11/h2-4,9,13-14,17H,5-8,10H2,1H3/t13-/m1/s1. The number of aliphatic hydroxyl groups excluding tert-OH is 1. The van der Waals surface area contributed by atoms with Gasteiger partial charge in [0.15, 0.2) is 6.29 Å². The van der Waals surface area contributed by atoms with Crippen molar-refractivity contribution in [2.24, 2.45) is 0 Å². The molecule has 0 amide bonds. The van der Waals surface area contributed by atoms with Crippen molar-refractivity contribution in [2.75, 3.05) is 33.4 Å². The Morgan fingerprint density at radius 2 is 2.16 bits per heavy atom. The van der Waals surface area contributed by atoms with E-state index in [1.54, 1.807) is 0 Å². The van der Waals surface area contributed by atoms with Crippen LogP contribution in [-0.2, 0) is 9.47 Å². The molecule has 106 valence electrons. The van der Waals surface area contributed by atoms with Crippen LogP contribution in [-0.4, -0.2) is 49.7 Å². The number of hydrogen-bond donors (Lipinski definition) is 1. The van der Waals surface area contributed by atoms with Crippen LogP contribution in [0.2, 0.25) is 0 Å². The van der Waals surface area contributed by atoms with Crippen molar-refractivity contribution in [3.05, 3.63) is 34.3 Å². The van der Waals surface area contributed by atoms with E-state index in [9.17, 15) is 5.11 Å².